The van der Waals surface area contributed by atoms with E-state index in [0.717, 1.165) is 25.0 Å². The molecule has 1 aliphatic heterocycles. The molecule has 3 rings (SSSR count). The number of hydrogen-bond acceptors (Lipinski definition) is 4. The highest BCUT2D eigenvalue weighted by atomic mass is 35.5. The van der Waals surface area contributed by atoms with E-state index >= 15 is 0 Å². The lowest BCUT2D eigenvalue weighted by Gasteiger charge is -2.33. The van der Waals surface area contributed by atoms with Crippen LogP contribution in [0.1, 0.15) is 41.4 Å². The van der Waals surface area contributed by atoms with Gasteiger partial charge >= 0.3 is 0 Å². The zero-order chi connectivity index (χ0) is 13.9. The number of rotatable bonds is 3. The first-order chi connectivity index (χ1) is 9.79. The third-order valence-electron chi connectivity index (χ3n) is 4.45. The molecule has 0 bridgehead atoms. The van der Waals surface area contributed by atoms with Gasteiger partial charge in [0.2, 0.25) is 5.91 Å². The van der Waals surface area contributed by atoms with Gasteiger partial charge in [0.25, 0.3) is 0 Å². The quantitative estimate of drug-likeness (QED) is 0.884. The highest BCUT2D eigenvalue weighted by molar-refractivity contribution is 8.00. The Morgan fingerprint density at radius 3 is 3.00 bits per heavy atom. The molecule has 6 heteroatoms. The van der Waals surface area contributed by atoms with Crippen LogP contribution in [0.4, 0.5) is 0 Å². The number of carbonyl (C=O) groups excluding carboxylic acids is 1. The summed E-state index contributed by atoms with van der Waals surface area (Å²) in [5, 5.41) is 5.39. The van der Waals surface area contributed by atoms with Gasteiger partial charge in [0.1, 0.15) is 5.25 Å². The first-order valence-corrected chi connectivity index (χ1v) is 9.40. The van der Waals surface area contributed by atoms with Crippen molar-refractivity contribution in [3.63, 3.8) is 0 Å². The minimum atomic E-state index is -0.00893. The van der Waals surface area contributed by atoms with Gasteiger partial charge in [-0.25, -0.2) is 0 Å². The normalized spacial score (nSPS) is 28.3. The Labute approximate surface area is 140 Å². The fourth-order valence-corrected chi connectivity index (χ4v) is 5.60. The fraction of sp³-hybridized carbons (Fsp3) is 0.667. The van der Waals surface area contributed by atoms with E-state index in [1.54, 1.807) is 23.1 Å². The van der Waals surface area contributed by atoms with E-state index in [0.29, 0.717) is 12.5 Å². The predicted octanol–water partition coefficient (Wildman–Crippen LogP) is 3.13. The Bertz CT molecular complexity index is 480. The van der Waals surface area contributed by atoms with E-state index in [1.807, 2.05) is 0 Å². The zero-order valence-corrected chi connectivity index (χ0v) is 14.5. The second-order valence-electron chi connectivity index (χ2n) is 5.70. The van der Waals surface area contributed by atoms with Gasteiger partial charge in [-0.1, -0.05) is 12.8 Å². The van der Waals surface area contributed by atoms with Crippen molar-refractivity contribution in [2.45, 2.75) is 43.4 Å². The maximum absolute atomic E-state index is 12.6. The van der Waals surface area contributed by atoms with Crippen molar-refractivity contribution in [2.24, 2.45) is 11.7 Å². The molecule has 21 heavy (non-hydrogen) atoms. The van der Waals surface area contributed by atoms with E-state index < -0.39 is 0 Å². The first-order valence-electron chi connectivity index (χ1n) is 7.48. The SMILES string of the molecule is Cl.NCC1CCCCC1NC(=O)C1SCCc2sccc21. The maximum atomic E-state index is 12.6. The molecule has 0 aromatic carbocycles. The van der Waals surface area contributed by atoms with E-state index in [4.69, 9.17) is 5.73 Å². The molecule has 1 fully saturated rings. The van der Waals surface area contributed by atoms with Gasteiger partial charge in [0.15, 0.2) is 0 Å². The van der Waals surface area contributed by atoms with Crippen LogP contribution >= 0.6 is 35.5 Å². The zero-order valence-electron chi connectivity index (χ0n) is 12.0. The van der Waals surface area contributed by atoms with Crippen molar-refractivity contribution >= 4 is 41.4 Å². The van der Waals surface area contributed by atoms with Crippen molar-refractivity contribution in [1.82, 2.24) is 5.32 Å². The summed E-state index contributed by atoms with van der Waals surface area (Å²) in [4.78, 5) is 14.0. The molecule has 1 aromatic heterocycles. The summed E-state index contributed by atoms with van der Waals surface area (Å²) in [6, 6.07) is 2.41. The number of carbonyl (C=O) groups is 1. The molecule has 3 atom stereocenters. The van der Waals surface area contributed by atoms with Crippen LogP contribution in [-0.2, 0) is 11.2 Å². The monoisotopic (exact) mass is 346 g/mol. The second kappa shape index (κ2) is 7.86. The summed E-state index contributed by atoms with van der Waals surface area (Å²) >= 11 is 3.56. The van der Waals surface area contributed by atoms with Gasteiger partial charge in [0, 0.05) is 10.9 Å². The number of nitrogens with two attached hydrogens (primary N) is 1. The van der Waals surface area contributed by atoms with Crippen LogP contribution in [0.5, 0.6) is 0 Å². The Morgan fingerprint density at radius 2 is 2.19 bits per heavy atom. The van der Waals surface area contributed by atoms with E-state index in [-0.39, 0.29) is 29.6 Å². The summed E-state index contributed by atoms with van der Waals surface area (Å²) in [7, 11) is 0. The van der Waals surface area contributed by atoms with Crippen LogP contribution in [0, 0.1) is 5.92 Å². The molecule has 3 unspecified atom stereocenters. The van der Waals surface area contributed by atoms with Crippen LogP contribution in [-0.4, -0.2) is 24.2 Å². The summed E-state index contributed by atoms with van der Waals surface area (Å²) < 4.78 is 0. The largest absolute Gasteiger partial charge is 0.352 e. The van der Waals surface area contributed by atoms with Gasteiger partial charge in [0.05, 0.1) is 0 Å². The molecule has 0 radical (unpaired) electrons. The van der Waals surface area contributed by atoms with Crippen molar-refractivity contribution < 1.29 is 4.79 Å². The number of halogens is 1. The molecule has 1 amide bonds. The van der Waals surface area contributed by atoms with Crippen molar-refractivity contribution in [2.75, 3.05) is 12.3 Å². The lowest BCUT2D eigenvalue weighted by atomic mass is 9.84. The molecule has 0 saturated heterocycles. The third-order valence-corrected chi connectivity index (χ3v) is 6.69. The van der Waals surface area contributed by atoms with Crippen LogP contribution < -0.4 is 11.1 Å². The first kappa shape index (κ1) is 17.1. The number of thiophene rings is 1. The standard InChI is InChI=1S/C15H22N2OS2.ClH/c16-9-10-3-1-2-4-12(10)17-15(18)14-11-5-7-19-13(11)6-8-20-14;/h5,7,10,12,14H,1-4,6,8-9,16H2,(H,17,18);1H. The minimum absolute atomic E-state index is 0. The average molecular weight is 347 g/mol. The maximum Gasteiger partial charge on any atom is 0.237 e. The smallest absolute Gasteiger partial charge is 0.237 e. The van der Waals surface area contributed by atoms with E-state index in [2.05, 4.69) is 16.8 Å². The van der Waals surface area contributed by atoms with Gasteiger partial charge in [-0.3, -0.25) is 4.79 Å². The highest BCUT2D eigenvalue weighted by Crippen LogP contribution is 2.39. The van der Waals surface area contributed by atoms with Crippen molar-refractivity contribution in [1.29, 1.82) is 0 Å². The summed E-state index contributed by atoms with van der Waals surface area (Å²) in [5.41, 5.74) is 7.09. The minimum Gasteiger partial charge on any atom is -0.352 e. The molecule has 3 N–H and O–H groups in total. The summed E-state index contributed by atoms with van der Waals surface area (Å²) in [6.45, 7) is 0.687. The van der Waals surface area contributed by atoms with Crippen LogP contribution in [0.3, 0.4) is 0 Å². The Morgan fingerprint density at radius 1 is 1.38 bits per heavy atom. The van der Waals surface area contributed by atoms with Crippen LogP contribution in [0.15, 0.2) is 11.4 Å². The molecule has 1 aromatic rings. The molecular weight excluding hydrogens is 324 g/mol. The Kier molecular flexibility index (Phi) is 6.41. The Balaban J connectivity index is 0.00000161. The molecule has 2 aliphatic rings. The second-order valence-corrected chi connectivity index (χ2v) is 7.91. The topological polar surface area (TPSA) is 55.1 Å². The Hall–Kier alpha value is -0.230. The lowest BCUT2D eigenvalue weighted by molar-refractivity contribution is -0.122. The molecule has 0 spiro atoms. The number of fused-ring (bicyclic) bond motifs is 1. The fourth-order valence-electron chi connectivity index (χ4n) is 3.30. The summed E-state index contributed by atoms with van der Waals surface area (Å²) in [5.74, 6) is 1.71. The van der Waals surface area contributed by atoms with Crippen molar-refractivity contribution in [3.8, 4) is 0 Å². The molecule has 2 heterocycles. The summed E-state index contributed by atoms with van der Waals surface area (Å²) in [6.07, 6.45) is 5.81. The highest BCUT2D eigenvalue weighted by Gasteiger charge is 2.32. The molecule has 1 saturated carbocycles. The predicted molar refractivity (Wildman–Crippen MR) is 93.4 cm³/mol. The average Bonchev–Trinajstić information content (AvgIpc) is 2.96. The third kappa shape index (κ3) is 3.76. The molecule has 1 aliphatic carbocycles. The van der Waals surface area contributed by atoms with Gasteiger partial charge in [-0.2, -0.15) is 0 Å². The van der Waals surface area contributed by atoms with Gasteiger partial charge in [-0.05, 0) is 54.5 Å². The van der Waals surface area contributed by atoms with E-state index in [1.165, 1.54) is 23.3 Å². The molecular formula is C15H23ClN2OS2. The number of aryl methyl sites for hydroxylation is 1. The number of nitrogens with one attached hydrogen (secondary N) is 1. The van der Waals surface area contributed by atoms with Gasteiger partial charge < -0.3 is 11.1 Å². The number of thioether (sulfide) groups is 1. The van der Waals surface area contributed by atoms with Crippen molar-refractivity contribution in [3.05, 3.63) is 21.9 Å². The van der Waals surface area contributed by atoms with E-state index in [9.17, 15) is 4.79 Å². The molecule has 118 valence electrons. The van der Waals surface area contributed by atoms with Crippen LogP contribution in [0.25, 0.3) is 0 Å². The van der Waals surface area contributed by atoms with Crippen LogP contribution in [0.2, 0.25) is 0 Å². The number of hydrogen-bond donors (Lipinski definition) is 2. The molecule has 3 nitrogen and oxygen atoms in total. The lowest BCUT2D eigenvalue weighted by Crippen LogP contribution is -2.46. The number of amides is 1. The van der Waals surface area contributed by atoms with Gasteiger partial charge in [-0.15, -0.1) is 35.5 Å².